The molecule has 2 rings (SSSR count). The fourth-order valence-corrected chi connectivity index (χ4v) is 3.94. The van der Waals surface area contributed by atoms with Crippen LogP contribution < -0.4 is 14.4 Å². The SMILES string of the molecule is CCc1cccc(C)c1N(CCNC(=O)c1ccc(OC)cc1)S(C)(=O)=O. The minimum atomic E-state index is -3.48. The molecule has 1 amide bonds. The number of methoxy groups -OCH3 is 1. The van der Waals surface area contributed by atoms with Gasteiger partial charge in [0.2, 0.25) is 10.0 Å². The van der Waals surface area contributed by atoms with Crippen molar-refractivity contribution in [3.05, 3.63) is 59.2 Å². The van der Waals surface area contributed by atoms with Gasteiger partial charge in [-0.05, 0) is 48.7 Å². The van der Waals surface area contributed by atoms with E-state index < -0.39 is 10.0 Å². The summed E-state index contributed by atoms with van der Waals surface area (Å²) in [6.45, 7) is 4.25. The molecule has 0 aliphatic heterocycles. The lowest BCUT2D eigenvalue weighted by Gasteiger charge is -2.26. The van der Waals surface area contributed by atoms with Crippen molar-refractivity contribution in [3.8, 4) is 5.75 Å². The molecule has 0 radical (unpaired) electrons. The van der Waals surface area contributed by atoms with Gasteiger partial charge in [-0.3, -0.25) is 9.10 Å². The van der Waals surface area contributed by atoms with Crippen molar-refractivity contribution >= 4 is 21.6 Å². The first-order chi connectivity index (χ1) is 12.8. The van der Waals surface area contributed by atoms with Gasteiger partial charge in [-0.1, -0.05) is 25.1 Å². The number of amides is 1. The molecular weight excluding hydrogens is 364 g/mol. The maximum Gasteiger partial charge on any atom is 0.251 e. The number of anilines is 1. The zero-order valence-corrected chi connectivity index (χ0v) is 17.0. The first-order valence-corrected chi connectivity index (χ1v) is 10.6. The van der Waals surface area contributed by atoms with Crippen molar-refractivity contribution < 1.29 is 17.9 Å². The van der Waals surface area contributed by atoms with Crippen molar-refractivity contribution in [1.29, 1.82) is 0 Å². The molecule has 0 saturated heterocycles. The van der Waals surface area contributed by atoms with Crippen LogP contribution >= 0.6 is 0 Å². The zero-order chi connectivity index (χ0) is 20.0. The number of hydrogen-bond donors (Lipinski definition) is 1. The Bertz CT molecular complexity index is 893. The van der Waals surface area contributed by atoms with E-state index in [-0.39, 0.29) is 19.0 Å². The minimum absolute atomic E-state index is 0.165. The quantitative estimate of drug-likeness (QED) is 0.752. The molecule has 0 aliphatic carbocycles. The standard InChI is InChI=1S/C20H26N2O4S/c1-5-16-8-6-7-15(2)19(16)22(27(4,24)25)14-13-21-20(23)17-9-11-18(26-3)12-10-17/h6-12H,5,13-14H2,1-4H3,(H,21,23). The molecule has 2 aromatic rings. The maximum absolute atomic E-state index is 12.4. The van der Waals surface area contributed by atoms with Crippen LogP contribution in [-0.2, 0) is 16.4 Å². The van der Waals surface area contributed by atoms with Gasteiger partial charge in [0.05, 0.1) is 25.6 Å². The summed E-state index contributed by atoms with van der Waals surface area (Å²) >= 11 is 0. The average molecular weight is 391 g/mol. The molecule has 146 valence electrons. The van der Waals surface area contributed by atoms with E-state index in [9.17, 15) is 13.2 Å². The number of carbonyl (C=O) groups is 1. The highest BCUT2D eigenvalue weighted by Crippen LogP contribution is 2.27. The van der Waals surface area contributed by atoms with Gasteiger partial charge in [0, 0.05) is 12.1 Å². The van der Waals surface area contributed by atoms with E-state index in [0.717, 1.165) is 17.5 Å². The molecular formula is C20H26N2O4S. The number of aryl methyl sites for hydroxylation is 2. The zero-order valence-electron chi connectivity index (χ0n) is 16.2. The predicted octanol–water partition coefficient (Wildman–Crippen LogP) is 2.76. The summed E-state index contributed by atoms with van der Waals surface area (Å²) < 4.78 is 31.2. The van der Waals surface area contributed by atoms with Crippen molar-refractivity contribution in [1.82, 2.24) is 5.32 Å². The second kappa shape index (κ2) is 8.90. The monoisotopic (exact) mass is 390 g/mol. The number of benzene rings is 2. The van der Waals surface area contributed by atoms with E-state index in [2.05, 4.69) is 5.32 Å². The number of nitrogens with one attached hydrogen (secondary N) is 1. The normalized spacial score (nSPS) is 11.1. The van der Waals surface area contributed by atoms with Crippen LogP contribution in [0.15, 0.2) is 42.5 Å². The second-order valence-electron chi connectivity index (χ2n) is 6.26. The summed E-state index contributed by atoms with van der Waals surface area (Å²) in [5.74, 6) is 0.410. The molecule has 0 saturated carbocycles. The molecule has 7 heteroatoms. The topological polar surface area (TPSA) is 75.7 Å². The van der Waals surface area contributed by atoms with Crippen LogP contribution in [0.5, 0.6) is 5.75 Å². The Balaban J connectivity index is 2.13. The van der Waals surface area contributed by atoms with Crippen molar-refractivity contribution in [2.45, 2.75) is 20.3 Å². The largest absolute Gasteiger partial charge is 0.497 e. The highest BCUT2D eigenvalue weighted by molar-refractivity contribution is 7.92. The Morgan fingerprint density at radius 2 is 1.81 bits per heavy atom. The van der Waals surface area contributed by atoms with Gasteiger partial charge in [-0.2, -0.15) is 0 Å². The third-order valence-corrected chi connectivity index (χ3v) is 5.47. The van der Waals surface area contributed by atoms with E-state index in [0.29, 0.717) is 17.0 Å². The van der Waals surface area contributed by atoms with Crippen LogP contribution in [0.1, 0.15) is 28.4 Å². The molecule has 0 unspecified atom stereocenters. The Morgan fingerprint density at radius 3 is 2.37 bits per heavy atom. The number of hydrogen-bond acceptors (Lipinski definition) is 4. The lowest BCUT2D eigenvalue weighted by Crippen LogP contribution is -2.39. The molecule has 0 bridgehead atoms. The van der Waals surface area contributed by atoms with E-state index >= 15 is 0 Å². The Morgan fingerprint density at radius 1 is 1.15 bits per heavy atom. The number of nitrogens with zero attached hydrogens (tertiary/aromatic N) is 1. The van der Waals surface area contributed by atoms with E-state index in [1.807, 2.05) is 32.0 Å². The lowest BCUT2D eigenvalue weighted by molar-refractivity contribution is 0.0955. The highest BCUT2D eigenvalue weighted by Gasteiger charge is 2.21. The van der Waals surface area contributed by atoms with Crippen molar-refractivity contribution in [2.75, 3.05) is 30.8 Å². The molecule has 0 fully saturated rings. The van der Waals surface area contributed by atoms with Gasteiger partial charge in [0.1, 0.15) is 5.75 Å². The third kappa shape index (κ3) is 5.23. The average Bonchev–Trinajstić information content (AvgIpc) is 2.64. The molecule has 0 aromatic heterocycles. The molecule has 0 aliphatic rings. The van der Waals surface area contributed by atoms with Crippen LogP contribution in [0, 0.1) is 6.92 Å². The molecule has 2 aromatic carbocycles. The smallest absolute Gasteiger partial charge is 0.251 e. The Kier molecular flexibility index (Phi) is 6.85. The van der Waals surface area contributed by atoms with Gasteiger partial charge in [-0.25, -0.2) is 8.42 Å². The fourth-order valence-electron chi connectivity index (χ4n) is 2.92. The molecule has 6 nitrogen and oxygen atoms in total. The molecule has 27 heavy (non-hydrogen) atoms. The summed E-state index contributed by atoms with van der Waals surface area (Å²) in [6, 6.07) is 12.5. The van der Waals surface area contributed by atoms with E-state index in [1.165, 1.54) is 10.6 Å². The van der Waals surface area contributed by atoms with Crippen LogP contribution in [0.4, 0.5) is 5.69 Å². The van der Waals surface area contributed by atoms with Crippen LogP contribution in [-0.4, -0.2) is 40.8 Å². The maximum atomic E-state index is 12.4. The van der Waals surface area contributed by atoms with Gasteiger partial charge < -0.3 is 10.1 Å². The third-order valence-electron chi connectivity index (χ3n) is 4.30. The summed E-state index contributed by atoms with van der Waals surface area (Å²) in [5.41, 5.74) is 3.04. The van der Waals surface area contributed by atoms with Gasteiger partial charge in [0.25, 0.3) is 5.91 Å². The Hall–Kier alpha value is -2.54. The van der Waals surface area contributed by atoms with E-state index in [4.69, 9.17) is 4.74 Å². The predicted molar refractivity (Wildman–Crippen MR) is 108 cm³/mol. The minimum Gasteiger partial charge on any atom is -0.497 e. The number of carbonyl (C=O) groups excluding carboxylic acids is 1. The lowest BCUT2D eigenvalue weighted by atomic mass is 10.1. The molecule has 0 heterocycles. The molecule has 0 spiro atoms. The summed E-state index contributed by atoms with van der Waals surface area (Å²) in [5, 5.41) is 2.78. The first kappa shape index (κ1) is 20.8. The van der Waals surface area contributed by atoms with E-state index in [1.54, 1.807) is 31.4 Å². The summed E-state index contributed by atoms with van der Waals surface area (Å²) in [4.78, 5) is 12.3. The van der Waals surface area contributed by atoms with Crippen LogP contribution in [0.2, 0.25) is 0 Å². The number of ether oxygens (including phenoxy) is 1. The van der Waals surface area contributed by atoms with Crippen molar-refractivity contribution in [2.24, 2.45) is 0 Å². The van der Waals surface area contributed by atoms with Crippen LogP contribution in [0.25, 0.3) is 0 Å². The van der Waals surface area contributed by atoms with Gasteiger partial charge in [-0.15, -0.1) is 0 Å². The number of sulfonamides is 1. The second-order valence-corrected chi connectivity index (χ2v) is 8.16. The highest BCUT2D eigenvalue weighted by atomic mass is 32.2. The van der Waals surface area contributed by atoms with Crippen LogP contribution in [0.3, 0.4) is 0 Å². The van der Waals surface area contributed by atoms with Crippen molar-refractivity contribution in [3.63, 3.8) is 0 Å². The number of rotatable bonds is 8. The Labute approximate surface area is 161 Å². The number of para-hydroxylation sites is 1. The first-order valence-electron chi connectivity index (χ1n) is 8.76. The molecule has 1 N–H and O–H groups in total. The van der Waals surface area contributed by atoms with Gasteiger partial charge in [0.15, 0.2) is 0 Å². The molecule has 0 atom stereocenters. The summed E-state index contributed by atoms with van der Waals surface area (Å²) in [6.07, 6.45) is 1.91. The summed E-state index contributed by atoms with van der Waals surface area (Å²) in [7, 11) is -1.92. The fraction of sp³-hybridized carbons (Fsp3) is 0.350. The van der Waals surface area contributed by atoms with Gasteiger partial charge >= 0.3 is 0 Å².